The molecule has 174 valence electrons. The van der Waals surface area contributed by atoms with Gasteiger partial charge in [-0.2, -0.15) is 14.8 Å². The second-order valence-electron chi connectivity index (χ2n) is 8.71. The molecule has 33 heavy (non-hydrogen) atoms. The molecule has 2 aromatic rings. The van der Waals surface area contributed by atoms with E-state index in [1.54, 1.807) is 16.9 Å². The van der Waals surface area contributed by atoms with E-state index in [2.05, 4.69) is 31.7 Å². The fourth-order valence-corrected chi connectivity index (χ4v) is 4.62. The van der Waals surface area contributed by atoms with Crippen LogP contribution in [0.1, 0.15) is 48.9 Å². The van der Waals surface area contributed by atoms with Crippen molar-refractivity contribution < 1.29 is 14.0 Å². The third-order valence-corrected chi connectivity index (χ3v) is 6.45. The number of pyridine rings is 1. The first-order chi connectivity index (χ1) is 15.9. The number of rotatable bonds is 7. The number of nitriles is 1. The van der Waals surface area contributed by atoms with Crippen molar-refractivity contribution in [2.45, 2.75) is 50.1 Å². The minimum Gasteiger partial charge on any atom is -0.365 e. The molecular formula is C22H27FN8O2. The molecule has 2 aromatic heterocycles. The number of amides is 2. The van der Waals surface area contributed by atoms with Crippen molar-refractivity contribution in [3.63, 3.8) is 0 Å². The molecule has 0 bridgehead atoms. The second-order valence-corrected chi connectivity index (χ2v) is 8.71. The number of nitrogens with two attached hydrogens (primary N) is 1. The molecule has 2 aliphatic heterocycles. The maximum absolute atomic E-state index is 13.5. The van der Waals surface area contributed by atoms with Gasteiger partial charge in [-0.25, -0.2) is 4.98 Å². The SMILES string of the molecule is N#CCC1(n2cc(C(N)=O)c(Nc3ccnc(F)c3)n2)CCN(CC2CCCC(=O)N2)CC1. The lowest BCUT2D eigenvalue weighted by molar-refractivity contribution is -0.123. The van der Waals surface area contributed by atoms with Crippen LogP contribution in [0.15, 0.2) is 24.5 Å². The van der Waals surface area contributed by atoms with Gasteiger partial charge in [0.05, 0.1) is 18.0 Å². The Balaban J connectivity index is 1.52. The highest BCUT2D eigenvalue weighted by Crippen LogP contribution is 2.35. The summed E-state index contributed by atoms with van der Waals surface area (Å²) in [6, 6.07) is 5.16. The maximum Gasteiger partial charge on any atom is 0.254 e. The third kappa shape index (κ3) is 5.12. The summed E-state index contributed by atoms with van der Waals surface area (Å²) in [6.45, 7) is 2.25. The molecule has 0 saturated carbocycles. The number of primary amides is 1. The van der Waals surface area contributed by atoms with Crippen LogP contribution in [-0.2, 0) is 10.3 Å². The minimum absolute atomic E-state index is 0.103. The molecule has 0 spiro atoms. The van der Waals surface area contributed by atoms with E-state index in [0.29, 0.717) is 24.9 Å². The number of hydrogen-bond acceptors (Lipinski definition) is 7. The largest absolute Gasteiger partial charge is 0.365 e. The zero-order chi connectivity index (χ0) is 23.4. The van der Waals surface area contributed by atoms with E-state index in [1.165, 1.54) is 12.3 Å². The van der Waals surface area contributed by atoms with E-state index in [1.807, 2.05) is 0 Å². The van der Waals surface area contributed by atoms with Gasteiger partial charge >= 0.3 is 0 Å². The van der Waals surface area contributed by atoms with Crippen molar-refractivity contribution in [1.29, 1.82) is 5.26 Å². The number of nitrogens with zero attached hydrogens (tertiary/aromatic N) is 5. The number of anilines is 2. The summed E-state index contributed by atoms with van der Waals surface area (Å²) in [5.41, 5.74) is 5.53. The molecule has 2 amide bonds. The molecule has 10 nitrogen and oxygen atoms in total. The van der Waals surface area contributed by atoms with Crippen molar-refractivity contribution in [2.24, 2.45) is 5.73 Å². The number of piperidine rings is 2. The number of carbonyl (C=O) groups is 2. The number of halogens is 1. The van der Waals surface area contributed by atoms with Crippen LogP contribution in [0.4, 0.5) is 15.9 Å². The Bertz CT molecular complexity index is 1070. The van der Waals surface area contributed by atoms with Crippen molar-refractivity contribution in [3.05, 3.63) is 36.0 Å². The predicted octanol–water partition coefficient (Wildman–Crippen LogP) is 1.63. The summed E-state index contributed by atoms with van der Waals surface area (Å²) < 4.78 is 15.1. The molecular weight excluding hydrogens is 427 g/mol. The van der Waals surface area contributed by atoms with Crippen LogP contribution in [-0.4, -0.2) is 57.2 Å². The highest BCUT2D eigenvalue weighted by Gasteiger charge is 2.38. The second kappa shape index (κ2) is 9.54. The first kappa shape index (κ1) is 22.7. The number of aromatic nitrogens is 3. The topological polar surface area (TPSA) is 142 Å². The smallest absolute Gasteiger partial charge is 0.254 e. The van der Waals surface area contributed by atoms with E-state index >= 15 is 0 Å². The van der Waals surface area contributed by atoms with E-state index in [-0.39, 0.29) is 29.8 Å². The van der Waals surface area contributed by atoms with Gasteiger partial charge in [0.1, 0.15) is 5.56 Å². The van der Waals surface area contributed by atoms with Crippen molar-refractivity contribution in [2.75, 3.05) is 25.0 Å². The first-order valence-electron chi connectivity index (χ1n) is 11.1. The molecule has 0 aliphatic carbocycles. The van der Waals surface area contributed by atoms with E-state index in [4.69, 9.17) is 5.73 Å². The zero-order valence-electron chi connectivity index (χ0n) is 18.3. The molecule has 2 aliphatic rings. The molecule has 1 atom stereocenters. The van der Waals surface area contributed by atoms with Gasteiger partial charge in [0.25, 0.3) is 5.91 Å². The summed E-state index contributed by atoms with van der Waals surface area (Å²) in [6.07, 6.45) is 6.88. The lowest BCUT2D eigenvalue weighted by Gasteiger charge is -2.42. The molecule has 4 N–H and O–H groups in total. The summed E-state index contributed by atoms with van der Waals surface area (Å²) >= 11 is 0. The Morgan fingerprint density at radius 1 is 1.42 bits per heavy atom. The van der Waals surface area contributed by atoms with Crippen molar-refractivity contribution >= 4 is 23.3 Å². The van der Waals surface area contributed by atoms with Crippen LogP contribution in [0.3, 0.4) is 0 Å². The Labute approximate surface area is 190 Å². The molecule has 2 fully saturated rings. The fourth-order valence-electron chi connectivity index (χ4n) is 4.62. The van der Waals surface area contributed by atoms with Crippen LogP contribution >= 0.6 is 0 Å². The number of hydrogen-bond donors (Lipinski definition) is 3. The fraction of sp³-hybridized carbons (Fsp3) is 0.500. The molecule has 1 unspecified atom stereocenters. The van der Waals surface area contributed by atoms with Gasteiger partial charge in [0.15, 0.2) is 5.82 Å². The van der Waals surface area contributed by atoms with Crippen LogP contribution in [0.2, 0.25) is 0 Å². The van der Waals surface area contributed by atoms with Gasteiger partial charge in [0, 0.05) is 56.2 Å². The van der Waals surface area contributed by atoms with Gasteiger partial charge in [-0.1, -0.05) is 0 Å². The quantitative estimate of drug-likeness (QED) is 0.540. The lowest BCUT2D eigenvalue weighted by Crippen LogP contribution is -2.51. The van der Waals surface area contributed by atoms with Gasteiger partial charge in [-0.05, 0) is 31.7 Å². The summed E-state index contributed by atoms with van der Waals surface area (Å²) in [7, 11) is 0. The van der Waals surface area contributed by atoms with Crippen LogP contribution in [0, 0.1) is 17.3 Å². The highest BCUT2D eigenvalue weighted by atomic mass is 19.1. The average molecular weight is 455 g/mol. The highest BCUT2D eigenvalue weighted by molar-refractivity contribution is 5.98. The summed E-state index contributed by atoms with van der Waals surface area (Å²) in [5, 5.41) is 20.1. The summed E-state index contributed by atoms with van der Waals surface area (Å²) in [4.78, 5) is 29.6. The maximum atomic E-state index is 13.5. The number of nitrogens with one attached hydrogen (secondary N) is 2. The predicted molar refractivity (Wildman–Crippen MR) is 118 cm³/mol. The van der Waals surface area contributed by atoms with Crippen LogP contribution in [0.5, 0.6) is 0 Å². The average Bonchev–Trinajstić information content (AvgIpc) is 3.20. The molecule has 4 rings (SSSR count). The lowest BCUT2D eigenvalue weighted by atomic mass is 9.84. The van der Waals surface area contributed by atoms with Crippen molar-refractivity contribution in [1.82, 2.24) is 25.0 Å². The Hall–Kier alpha value is -3.52. The standard InChI is InChI=1S/C22H27FN8O2/c23-18-12-15(4-9-26-18)28-21-17(20(25)33)14-31(29-21)22(5-8-24)6-10-30(11-7-22)13-16-2-1-3-19(32)27-16/h4,9,12,14,16H,1-3,5-7,10-11,13H2,(H2,25,33)(H,27,32)(H,26,28,29). The Morgan fingerprint density at radius 3 is 2.88 bits per heavy atom. The Morgan fingerprint density at radius 2 is 2.21 bits per heavy atom. The molecule has 0 aromatic carbocycles. The number of carbonyl (C=O) groups excluding carboxylic acids is 2. The molecule has 4 heterocycles. The van der Waals surface area contributed by atoms with E-state index < -0.39 is 17.4 Å². The van der Waals surface area contributed by atoms with Gasteiger partial charge in [0.2, 0.25) is 11.9 Å². The normalized spacial score (nSPS) is 20.6. The molecule has 2 saturated heterocycles. The minimum atomic E-state index is -0.670. The zero-order valence-corrected chi connectivity index (χ0v) is 18.3. The van der Waals surface area contributed by atoms with E-state index in [9.17, 15) is 19.2 Å². The third-order valence-electron chi connectivity index (χ3n) is 6.45. The van der Waals surface area contributed by atoms with Crippen LogP contribution in [0.25, 0.3) is 0 Å². The molecule has 0 radical (unpaired) electrons. The van der Waals surface area contributed by atoms with E-state index in [0.717, 1.165) is 32.5 Å². The summed E-state index contributed by atoms with van der Waals surface area (Å²) in [5.74, 6) is -1.03. The van der Waals surface area contributed by atoms with Gasteiger partial charge in [-0.3, -0.25) is 14.3 Å². The first-order valence-corrected chi connectivity index (χ1v) is 11.1. The van der Waals surface area contributed by atoms with Gasteiger partial charge < -0.3 is 21.3 Å². The Kier molecular flexibility index (Phi) is 6.55. The monoisotopic (exact) mass is 454 g/mol. The number of likely N-dealkylation sites (tertiary alicyclic amines) is 1. The van der Waals surface area contributed by atoms with Gasteiger partial charge in [-0.15, -0.1) is 0 Å². The van der Waals surface area contributed by atoms with Crippen molar-refractivity contribution in [3.8, 4) is 6.07 Å². The molecule has 11 heteroatoms. The van der Waals surface area contributed by atoms with Crippen LogP contribution < -0.4 is 16.4 Å².